The number of piperidine rings is 1. The predicted octanol–water partition coefficient (Wildman–Crippen LogP) is 2.91. The highest BCUT2D eigenvalue weighted by Gasteiger charge is 2.15. The second-order valence-corrected chi connectivity index (χ2v) is 5.69. The number of nitrogens with one attached hydrogen (secondary N) is 2. The van der Waals surface area contributed by atoms with Crippen LogP contribution in [0, 0.1) is 12.8 Å². The van der Waals surface area contributed by atoms with Crippen molar-refractivity contribution in [3.63, 3.8) is 0 Å². The van der Waals surface area contributed by atoms with Gasteiger partial charge in [-0.15, -0.1) is 12.4 Å². The smallest absolute Gasteiger partial charge is 0.251 e. The van der Waals surface area contributed by atoms with Gasteiger partial charge in [0, 0.05) is 16.6 Å². The molecule has 1 saturated heterocycles. The number of hydrogen-bond acceptors (Lipinski definition) is 2. The molecule has 1 unspecified atom stereocenters. The van der Waals surface area contributed by atoms with E-state index < -0.39 is 0 Å². The van der Waals surface area contributed by atoms with Crippen molar-refractivity contribution in [2.24, 2.45) is 5.92 Å². The van der Waals surface area contributed by atoms with E-state index in [1.165, 1.54) is 12.8 Å². The minimum Gasteiger partial charge on any atom is -0.352 e. The highest BCUT2D eigenvalue weighted by Crippen LogP contribution is 2.19. The fraction of sp³-hybridized carbons (Fsp3) is 0.500. The van der Waals surface area contributed by atoms with Gasteiger partial charge in [-0.05, 0) is 56.5 Å². The van der Waals surface area contributed by atoms with Crippen molar-refractivity contribution < 1.29 is 4.79 Å². The Morgan fingerprint density at radius 2 is 2.32 bits per heavy atom. The maximum atomic E-state index is 12.1. The van der Waals surface area contributed by atoms with E-state index >= 15 is 0 Å². The molecule has 3 nitrogen and oxygen atoms in total. The summed E-state index contributed by atoms with van der Waals surface area (Å²) >= 11 is 3.45. The zero-order valence-corrected chi connectivity index (χ0v) is 13.4. The molecule has 1 aliphatic rings. The Kier molecular flexibility index (Phi) is 6.83. The first-order valence-corrected chi connectivity index (χ1v) is 7.22. The normalized spacial score (nSPS) is 18.5. The van der Waals surface area contributed by atoms with E-state index in [0.29, 0.717) is 5.92 Å². The first-order chi connectivity index (χ1) is 8.68. The second-order valence-electron chi connectivity index (χ2n) is 4.83. The van der Waals surface area contributed by atoms with E-state index in [0.717, 1.165) is 35.2 Å². The molecule has 2 rings (SSSR count). The van der Waals surface area contributed by atoms with Gasteiger partial charge < -0.3 is 10.6 Å². The minimum absolute atomic E-state index is 0. The topological polar surface area (TPSA) is 41.1 Å². The van der Waals surface area contributed by atoms with E-state index in [-0.39, 0.29) is 18.3 Å². The SMILES string of the molecule is Cc1c(Br)cccc1C(=O)NCC1CCCNC1.Cl. The van der Waals surface area contributed by atoms with Crippen LogP contribution in [0.4, 0.5) is 0 Å². The largest absolute Gasteiger partial charge is 0.352 e. The van der Waals surface area contributed by atoms with Gasteiger partial charge in [-0.2, -0.15) is 0 Å². The van der Waals surface area contributed by atoms with Crippen molar-refractivity contribution in [1.29, 1.82) is 0 Å². The molecule has 0 aliphatic carbocycles. The van der Waals surface area contributed by atoms with Gasteiger partial charge in [-0.25, -0.2) is 0 Å². The Morgan fingerprint density at radius 3 is 3.00 bits per heavy atom. The molecule has 106 valence electrons. The van der Waals surface area contributed by atoms with Gasteiger partial charge in [0.25, 0.3) is 5.91 Å². The summed E-state index contributed by atoms with van der Waals surface area (Å²) in [5.74, 6) is 0.592. The average Bonchev–Trinajstić information content (AvgIpc) is 2.40. The maximum Gasteiger partial charge on any atom is 0.251 e. The fourth-order valence-electron chi connectivity index (χ4n) is 2.28. The van der Waals surface area contributed by atoms with E-state index in [9.17, 15) is 4.79 Å². The number of carbonyl (C=O) groups excluding carboxylic acids is 1. The molecular weight excluding hydrogens is 328 g/mol. The van der Waals surface area contributed by atoms with Crippen LogP contribution in [0.2, 0.25) is 0 Å². The molecule has 1 heterocycles. The van der Waals surface area contributed by atoms with Crippen molar-refractivity contribution in [3.8, 4) is 0 Å². The molecule has 5 heteroatoms. The second kappa shape index (κ2) is 7.88. The molecular formula is C14H20BrClN2O. The summed E-state index contributed by atoms with van der Waals surface area (Å²) in [6.07, 6.45) is 2.40. The number of amides is 1. The van der Waals surface area contributed by atoms with Crippen LogP contribution in [0.25, 0.3) is 0 Å². The fourth-order valence-corrected chi connectivity index (χ4v) is 2.65. The van der Waals surface area contributed by atoms with Crippen LogP contribution in [0.3, 0.4) is 0 Å². The lowest BCUT2D eigenvalue weighted by Crippen LogP contribution is -2.38. The Hall–Kier alpha value is -0.580. The Labute approximate surface area is 129 Å². The third kappa shape index (κ3) is 4.48. The van der Waals surface area contributed by atoms with Gasteiger partial charge in [0.2, 0.25) is 0 Å². The van der Waals surface area contributed by atoms with E-state index in [2.05, 4.69) is 26.6 Å². The van der Waals surface area contributed by atoms with Crippen LogP contribution in [-0.2, 0) is 0 Å². The number of halogens is 2. The van der Waals surface area contributed by atoms with Crippen LogP contribution in [0.1, 0.15) is 28.8 Å². The lowest BCUT2D eigenvalue weighted by molar-refractivity contribution is 0.0944. The molecule has 1 fully saturated rings. The molecule has 1 amide bonds. The summed E-state index contributed by atoms with van der Waals surface area (Å²) in [6.45, 7) is 4.84. The van der Waals surface area contributed by atoms with Gasteiger partial charge in [-0.3, -0.25) is 4.79 Å². The first kappa shape index (κ1) is 16.5. The van der Waals surface area contributed by atoms with Crippen LogP contribution in [0.5, 0.6) is 0 Å². The summed E-state index contributed by atoms with van der Waals surface area (Å²) in [4.78, 5) is 12.1. The number of rotatable bonds is 3. The monoisotopic (exact) mass is 346 g/mol. The van der Waals surface area contributed by atoms with Gasteiger partial charge in [0.1, 0.15) is 0 Å². The number of benzene rings is 1. The summed E-state index contributed by atoms with van der Waals surface area (Å²) in [5.41, 5.74) is 1.75. The van der Waals surface area contributed by atoms with Crippen LogP contribution in [0.15, 0.2) is 22.7 Å². The molecule has 0 saturated carbocycles. The van der Waals surface area contributed by atoms with Gasteiger partial charge >= 0.3 is 0 Å². The molecule has 0 aromatic heterocycles. The molecule has 1 aromatic rings. The molecule has 0 spiro atoms. The van der Waals surface area contributed by atoms with Crippen LogP contribution in [-0.4, -0.2) is 25.5 Å². The van der Waals surface area contributed by atoms with E-state index in [4.69, 9.17) is 0 Å². The number of carbonyl (C=O) groups is 1. The third-order valence-corrected chi connectivity index (χ3v) is 4.32. The minimum atomic E-state index is 0. The summed E-state index contributed by atoms with van der Waals surface area (Å²) in [6, 6.07) is 5.72. The highest BCUT2D eigenvalue weighted by molar-refractivity contribution is 9.10. The average molecular weight is 348 g/mol. The maximum absolute atomic E-state index is 12.1. The van der Waals surface area contributed by atoms with Crippen molar-refractivity contribution >= 4 is 34.2 Å². The standard InChI is InChI=1S/C14H19BrN2O.ClH/c1-10-12(5-2-6-13(10)15)14(18)17-9-11-4-3-7-16-8-11;/h2,5-6,11,16H,3-4,7-9H2,1H3,(H,17,18);1H. The highest BCUT2D eigenvalue weighted by atomic mass is 79.9. The van der Waals surface area contributed by atoms with Crippen LogP contribution < -0.4 is 10.6 Å². The van der Waals surface area contributed by atoms with Gasteiger partial charge in [-0.1, -0.05) is 22.0 Å². The Morgan fingerprint density at radius 1 is 1.53 bits per heavy atom. The lowest BCUT2D eigenvalue weighted by Gasteiger charge is -2.23. The molecule has 0 radical (unpaired) electrons. The summed E-state index contributed by atoms with van der Waals surface area (Å²) in [7, 11) is 0. The van der Waals surface area contributed by atoms with Crippen molar-refractivity contribution in [1.82, 2.24) is 10.6 Å². The summed E-state index contributed by atoms with van der Waals surface area (Å²) < 4.78 is 0.981. The van der Waals surface area contributed by atoms with E-state index in [1.807, 2.05) is 25.1 Å². The Bertz CT molecular complexity index is 433. The molecule has 0 bridgehead atoms. The van der Waals surface area contributed by atoms with Crippen molar-refractivity contribution in [2.75, 3.05) is 19.6 Å². The molecule has 2 N–H and O–H groups in total. The zero-order valence-electron chi connectivity index (χ0n) is 11.0. The molecule has 19 heavy (non-hydrogen) atoms. The summed E-state index contributed by atoms with van der Waals surface area (Å²) in [5, 5.41) is 6.40. The van der Waals surface area contributed by atoms with Crippen LogP contribution >= 0.6 is 28.3 Å². The van der Waals surface area contributed by atoms with Crippen molar-refractivity contribution in [2.45, 2.75) is 19.8 Å². The van der Waals surface area contributed by atoms with Gasteiger partial charge in [0.15, 0.2) is 0 Å². The first-order valence-electron chi connectivity index (χ1n) is 6.42. The third-order valence-electron chi connectivity index (χ3n) is 3.46. The lowest BCUT2D eigenvalue weighted by atomic mass is 9.99. The predicted molar refractivity (Wildman–Crippen MR) is 84.1 cm³/mol. The van der Waals surface area contributed by atoms with Gasteiger partial charge in [0.05, 0.1) is 0 Å². The molecule has 1 aromatic carbocycles. The Balaban J connectivity index is 0.00000180. The molecule has 1 aliphatic heterocycles. The molecule has 1 atom stereocenters. The zero-order chi connectivity index (χ0) is 13.0. The van der Waals surface area contributed by atoms with E-state index in [1.54, 1.807) is 0 Å². The van der Waals surface area contributed by atoms with Crippen molar-refractivity contribution in [3.05, 3.63) is 33.8 Å². The number of hydrogen-bond donors (Lipinski definition) is 2. The quantitative estimate of drug-likeness (QED) is 0.883.